The highest BCUT2D eigenvalue weighted by Crippen LogP contribution is 2.13. The number of hydrogen-bond acceptors (Lipinski definition) is 2. The summed E-state index contributed by atoms with van der Waals surface area (Å²) in [5.74, 6) is 1.30. The fourth-order valence-electron chi connectivity index (χ4n) is 2.03. The van der Waals surface area contributed by atoms with Crippen LogP contribution in [-0.4, -0.2) is 18.6 Å². The van der Waals surface area contributed by atoms with Gasteiger partial charge < -0.3 is 5.32 Å². The highest BCUT2D eigenvalue weighted by atomic mass is 32.2. The van der Waals surface area contributed by atoms with E-state index in [1.807, 2.05) is 11.8 Å². The molecule has 0 saturated heterocycles. The topological polar surface area (TPSA) is 12.0 Å². The molecule has 0 aliphatic rings. The first-order valence-electron chi connectivity index (χ1n) is 7.09. The number of nitrogens with one attached hydrogen (secondary N) is 1. The van der Waals surface area contributed by atoms with Crippen LogP contribution in [0.3, 0.4) is 0 Å². The minimum atomic E-state index is 0.469. The van der Waals surface area contributed by atoms with E-state index < -0.39 is 0 Å². The Kier molecular flexibility index (Phi) is 8.19. The van der Waals surface area contributed by atoms with Crippen molar-refractivity contribution in [1.82, 2.24) is 5.32 Å². The second kappa shape index (κ2) is 9.46. The summed E-state index contributed by atoms with van der Waals surface area (Å²) in [4.78, 5) is 0. The molecule has 1 aromatic carbocycles. The number of hydrogen-bond donors (Lipinski definition) is 1. The molecule has 1 atom stereocenters. The number of rotatable bonds is 9. The molecular formula is C16H27NS. The van der Waals surface area contributed by atoms with Crippen molar-refractivity contribution in [3.05, 3.63) is 35.4 Å². The van der Waals surface area contributed by atoms with Crippen molar-refractivity contribution in [2.45, 2.75) is 45.6 Å². The van der Waals surface area contributed by atoms with Gasteiger partial charge in [-0.05, 0) is 55.9 Å². The maximum atomic E-state index is 3.61. The van der Waals surface area contributed by atoms with E-state index in [0.29, 0.717) is 6.04 Å². The van der Waals surface area contributed by atoms with Gasteiger partial charge in [0.2, 0.25) is 0 Å². The lowest BCUT2D eigenvalue weighted by Gasteiger charge is -2.14. The molecule has 1 aromatic rings. The van der Waals surface area contributed by atoms with E-state index in [1.165, 1.54) is 36.1 Å². The summed E-state index contributed by atoms with van der Waals surface area (Å²) in [7, 11) is 0. The third-order valence-electron chi connectivity index (χ3n) is 3.36. The molecule has 0 amide bonds. The van der Waals surface area contributed by atoms with Crippen LogP contribution in [0.5, 0.6) is 0 Å². The molecule has 0 aromatic heterocycles. The van der Waals surface area contributed by atoms with Gasteiger partial charge in [0.15, 0.2) is 0 Å². The summed E-state index contributed by atoms with van der Waals surface area (Å²) >= 11 is 1.95. The largest absolute Gasteiger partial charge is 0.310 e. The molecule has 2 heteroatoms. The van der Waals surface area contributed by atoms with E-state index in [9.17, 15) is 0 Å². The zero-order valence-electron chi connectivity index (χ0n) is 12.0. The lowest BCUT2D eigenvalue weighted by molar-refractivity contribution is 0.544. The van der Waals surface area contributed by atoms with E-state index in [-0.39, 0.29) is 0 Å². The maximum Gasteiger partial charge on any atom is 0.0291 e. The average molecular weight is 265 g/mol. The molecule has 102 valence electrons. The minimum absolute atomic E-state index is 0.469. The van der Waals surface area contributed by atoms with Crippen LogP contribution in [0, 0.1) is 0 Å². The van der Waals surface area contributed by atoms with Gasteiger partial charge in [-0.2, -0.15) is 11.8 Å². The van der Waals surface area contributed by atoms with Crippen molar-refractivity contribution in [1.29, 1.82) is 0 Å². The molecule has 1 nitrogen and oxygen atoms in total. The van der Waals surface area contributed by atoms with Crippen molar-refractivity contribution < 1.29 is 0 Å². The third-order valence-corrected chi connectivity index (χ3v) is 4.06. The van der Waals surface area contributed by atoms with Crippen LogP contribution in [0.4, 0.5) is 0 Å². The molecule has 18 heavy (non-hydrogen) atoms. The van der Waals surface area contributed by atoms with E-state index >= 15 is 0 Å². The highest BCUT2D eigenvalue weighted by molar-refractivity contribution is 7.98. The monoisotopic (exact) mass is 265 g/mol. The van der Waals surface area contributed by atoms with Gasteiger partial charge in [0.05, 0.1) is 0 Å². The van der Waals surface area contributed by atoms with Gasteiger partial charge in [-0.1, -0.05) is 37.6 Å². The Morgan fingerprint density at radius 1 is 1.11 bits per heavy atom. The van der Waals surface area contributed by atoms with Gasteiger partial charge in [0, 0.05) is 6.04 Å². The van der Waals surface area contributed by atoms with Crippen LogP contribution in [0.25, 0.3) is 0 Å². The first-order chi connectivity index (χ1) is 8.77. The summed E-state index contributed by atoms with van der Waals surface area (Å²) < 4.78 is 0. The van der Waals surface area contributed by atoms with E-state index in [2.05, 4.69) is 49.7 Å². The smallest absolute Gasteiger partial charge is 0.0291 e. The standard InChI is InChI=1S/C16H27NS/c1-4-15-8-10-16(11-9-15)14(2)17-12-6-5-7-13-18-3/h8-11,14,17H,4-7,12-13H2,1-3H3. The van der Waals surface area contributed by atoms with Crippen molar-refractivity contribution in [2.75, 3.05) is 18.6 Å². The Balaban J connectivity index is 2.21. The van der Waals surface area contributed by atoms with Gasteiger partial charge in [-0.15, -0.1) is 0 Å². The fourth-order valence-corrected chi connectivity index (χ4v) is 2.52. The van der Waals surface area contributed by atoms with Gasteiger partial charge in [0.25, 0.3) is 0 Å². The molecule has 0 saturated carbocycles. The predicted octanol–water partition coefficient (Wildman–Crippen LogP) is 4.43. The Hall–Kier alpha value is -0.470. The van der Waals surface area contributed by atoms with E-state index in [4.69, 9.17) is 0 Å². The summed E-state index contributed by atoms with van der Waals surface area (Å²) in [5, 5.41) is 3.61. The Morgan fingerprint density at radius 3 is 2.44 bits per heavy atom. The first kappa shape index (κ1) is 15.6. The normalized spacial score (nSPS) is 12.6. The van der Waals surface area contributed by atoms with Crippen LogP contribution < -0.4 is 5.32 Å². The molecule has 1 unspecified atom stereocenters. The van der Waals surface area contributed by atoms with Gasteiger partial charge in [-0.25, -0.2) is 0 Å². The molecule has 1 N–H and O–H groups in total. The van der Waals surface area contributed by atoms with Crippen LogP contribution in [-0.2, 0) is 6.42 Å². The molecule has 0 heterocycles. The van der Waals surface area contributed by atoms with Gasteiger partial charge >= 0.3 is 0 Å². The lowest BCUT2D eigenvalue weighted by Crippen LogP contribution is -2.19. The lowest BCUT2D eigenvalue weighted by atomic mass is 10.0. The zero-order valence-corrected chi connectivity index (χ0v) is 12.9. The number of aryl methyl sites for hydroxylation is 1. The van der Waals surface area contributed by atoms with Crippen molar-refractivity contribution >= 4 is 11.8 Å². The second-order valence-corrected chi connectivity index (χ2v) is 5.81. The van der Waals surface area contributed by atoms with Gasteiger partial charge in [0.1, 0.15) is 0 Å². The first-order valence-corrected chi connectivity index (χ1v) is 8.48. The molecule has 0 aliphatic carbocycles. The summed E-state index contributed by atoms with van der Waals surface area (Å²) in [6, 6.07) is 9.46. The molecule has 1 rings (SSSR count). The van der Waals surface area contributed by atoms with Crippen LogP contribution in [0.2, 0.25) is 0 Å². The molecular weight excluding hydrogens is 238 g/mol. The van der Waals surface area contributed by atoms with Crippen LogP contribution >= 0.6 is 11.8 Å². The Labute approximate surface area is 117 Å². The number of thioether (sulfide) groups is 1. The average Bonchev–Trinajstić information content (AvgIpc) is 2.42. The predicted molar refractivity (Wildman–Crippen MR) is 84.5 cm³/mol. The van der Waals surface area contributed by atoms with Crippen molar-refractivity contribution in [2.24, 2.45) is 0 Å². The van der Waals surface area contributed by atoms with E-state index in [1.54, 1.807) is 0 Å². The van der Waals surface area contributed by atoms with E-state index in [0.717, 1.165) is 13.0 Å². The van der Waals surface area contributed by atoms with Crippen molar-refractivity contribution in [3.63, 3.8) is 0 Å². The van der Waals surface area contributed by atoms with Crippen LogP contribution in [0.1, 0.15) is 50.3 Å². The molecule has 0 spiro atoms. The molecule has 0 radical (unpaired) electrons. The number of benzene rings is 1. The summed E-state index contributed by atoms with van der Waals surface area (Å²) in [6.45, 7) is 5.58. The maximum absolute atomic E-state index is 3.61. The number of unbranched alkanes of at least 4 members (excludes halogenated alkanes) is 2. The van der Waals surface area contributed by atoms with Crippen molar-refractivity contribution in [3.8, 4) is 0 Å². The Morgan fingerprint density at radius 2 is 1.83 bits per heavy atom. The SMILES string of the molecule is CCc1ccc(C(C)NCCCCCSC)cc1. The fraction of sp³-hybridized carbons (Fsp3) is 0.625. The minimum Gasteiger partial charge on any atom is -0.310 e. The summed E-state index contributed by atoms with van der Waals surface area (Å²) in [6.07, 6.45) is 7.29. The molecule has 0 aliphatic heterocycles. The van der Waals surface area contributed by atoms with Gasteiger partial charge in [-0.3, -0.25) is 0 Å². The second-order valence-electron chi connectivity index (χ2n) is 4.82. The molecule has 0 bridgehead atoms. The highest BCUT2D eigenvalue weighted by Gasteiger charge is 2.03. The summed E-state index contributed by atoms with van der Waals surface area (Å²) in [5.41, 5.74) is 2.82. The Bertz CT molecular complexity index is 307. The quantitative estimate of drug-likeness (QED) is 0.663. The zero-order chi connectivity index (χ0) is 13.2. The molecule has 0 fully saturated rings. The van der Waals surface area contributed by atoms with Crippen LogP contribution in [0.15, 0.2) is 24.3 Å². The third kappa shape index (κ3) is 5.92.